The predicted octanol–water partition coefficient (Wildman–Crippen LogP) is -3.68. The van der Waals surface area contributed by atoms with Gasteiger partial charge in [-0.1, -0.05) is 12.5 Å². The molecule has 2 heteroatoms. The molecule has 0 rings (SSSR count). The second kappa shape index (κ2) is 7.74. The lowest BCUT2D eigenvalue weighted by Crippen LogP contribution is -3.05. The highest BCUT2D eigenvalue weighted by Gasteiger charge is 1.80. The first-order chi connectivity index (χ1) is 3.77. The maximum absolute atomic E-state index is 3.47. The lowest BCUT2D eigenvalue weighted by atomic mass is 10.5. The van der Waals surface area contributed by atoms with Crippen molar-refractivity contribution in [2.45, 2.75) is 0 Å². The molecule has 0 fully saturated rings. The molecule has 9 heavy (non-hydrogen) atoms. The van der Waals surface area contributed by atoms with Gasteiger partial charge in [-0.05, 0) is 12.0 Å². The highest BCUT2D eigenvalue weighted by atomic mass is 79.9. The zero-order valence-corrected chi connectivity index (χ0v) is 7.46. The normalized spacial score (nSPS) is 7.00. The molecule has 0 aliphatic carbocycles. The highest BCUT2D eigenvalue weighted by Crippen LogP contribution is 1.50. The minimum absolute atomic E-state index is 0. The molecule has 1 nitrogen and oxygen atoms in total. The Labute approximate surface area is 67.5 Å². The van der Waals surface area contributed by atoms with Crippen molar-refractivity contribution in [3.8, 4) is 11.8 Å². The molecule has 0 unspecified atom stereocenters. The second-order valence-electron chi connectivity index (χ2n) is 1.91. The summed E-state index contributed by atoms with van der Waals surface area (Å²) in [5.41, 5.74) is 0. The minimum atomic E-state index is 0. The van der Waals surface area contributed by atoms with E-state index in [1.165, 1.54) is 4.90 Å². The van der Waals surface area contributed by atoms with Crippen molar-refractivity contribution >= 4 is 0 Å². The summed E-state index contributed by atoms with van der Waals surface area (Å²) in [6.07, 6.45) is 1.61. The smallest absolute Gasteiger partial charge is 0.139 e. The number of hydrogen-bond acceptors (Lipinski definition) is 0. The fraction of sp³-hybridized carbons (Fsp3) is 0.429. The van der Waals surface area contributed by atoms with Crippen LogP contribution in [0.2, 0.25) is 0 Å². The molecular weight excluding hydrogens is 178 g/mol. The molecule has 0 heterocycles. The number of allylic oxidation sites excluding steroid dienone is 1. The number of nitrogens with one attached hydrogen (secondary N) is 1. The van der Waals surface area contributed by atoms with Gasteiger partial charge in [0.05, 0.1) is 14.1 Å². The van der Waals surface area contributed by atoms with Crippen LogP contribution in [0.3, 0.4) is 0 Å². The average molecular weight is 190 g/mol. The van der Waals surface area contributed by atoms with Crippen molar-refractivity contribution in [2.75, 3.05) is 20.6 Å². The molecule has 1 N–H and O–H groups in total. The van der Waals surface area contributed by atoms with Crippen molar-refractivity contribution in [1.82, 2.24) is 0 Å². The van der Waals surface area contributed by atoms with Gasteiger partial charge in [-0.15, -0.1) is 0 Å². The summed E-state index contributed by atoms with van der Waals surface area (Å²) in [7, 11) is 4.13. The molecule has 52 valence electrons. The first-order valence-corrected chi connectivity index (χ1v) is 2.65. The van der Waals surface area contributed by atoms with E-state index in [0.29, 0.717) is 0 Å². The Hall–Kier alpha value is -0.260. The Kier molecular flexibility index (Phi) is 9.91. The summed E-state index contributed by atoms with van der Waals surface area (Å²) in [6, 6.07) is 0. The Morgan fingerprint density at radius 2 is 2.11 bits per heavy atom. The summed E-state index contributed by atoms with van der Waals surface area (Å²) < 4.78 is 0. The van der Waals surface area contributed by atoms with Gasteiger partial charge in [0, 0.05) is 0 Å². The number of quaternary nitrogens is 1. The van der Waals surface area contributed by atoms with Crippen LogP contribution in [0.4, 0.5) is 0 Å². The monoisotopic (exact) mass is 189 g/mol. The molecule has 0 spiro atoms. The van der Waals surface area contributed by atoms with Crippen molar-refractivity contribution in [3.63, 3.8) is 0 Å². The molecule has 0 bridgehead atoms. The Bertz CT molecular complexity index is 119. The molecule has 0 atom stereocenters. The van der Waals surface area contributed by atoms with Gasteiger partial charge in [0.15, 0.2) is 0 Å². The SMILES string of the molecule is C=CC#CC[NH+](C)C.[Br-]. The Morgan fingerprint density at radius 1 is 1.56 bits per heavy atom. The fourth-order valence-electron chi connectivity index (χ4n) is 0.300. The van der Waals surface area contributed by atoms with E-state index in [0.717, 1.165) is 6.54 Å². The van der Waals surface area contributed by atoms with E-state index in [1.54, 1.807) is 6.08 Å². The topological polar surface area (TPSA) is 4.44 Å². The van der Waals surface area contributed by atoms with Crippen molar-refractivity contribution in [1.29, 1.82) is 0 Å². The van der Waals surface area contributed by atoms with Gasteiger partial charge in [-0.3, -0.25) is 0 Å². The van der Waals surface area contributed by atoms with Crippen LogP contribution in [0.1, 0.15) is 0 Å². The summed E-state index contributed by atoms with van der Waals surface area (Å²) in [6.45, 7) is 4.37. The van der Waals surface area contributed by atoms with E-state index in [2.05, 4.69) is 32.5 Å². The predicted molar refractivity (Wildman–Crippen MR) is 35.7 cm³/mol. The zero-order valence-electron chi connectivity index (χ0n) is 5.87. The van der Waals surface area contributed by atoms with E-state index >= 15 is 0 Å². The number of halogens is 1. The molecule has 0 aliphatic rings. The number of rotatable bonds is 1. The largest absolute Gasteiger partial charge is 1.00 e. The van der Waals surface area contributed by atoms with E-state index in [-0.39, 0.29) is 17.0 Å². The quantitative estimate of drug-likeness (QED) is 0.406. The Balaban J connectivity index is 0. The molecule has 0 aromatic carbocycles. The van der Waals surface area contributed by atoms with Gasteiger partial charge in [-0.25, -0.2) is 0 Å². The molecule has 0 aromatic heterocycles. The first kappa shape index (κ1) is 11.5. The maximum atomic E-state index is 3.47. The molecule has 0 saturated carbocycles. The van der Waals surface area contributed by atoms with Crippen LogP contribution in [-0.2, 0) is 0 Å². The summed E-state index contributed by atoms with van der Waals surface area (Å²) in [5.74, 6) is 5.70. The third-order valence-corrected chi connectivity index (χ3v) is 0.646. The lowest BCUT2D eigenvalue weighted by Gasteiger charge is -1.97. The lowest BCUT2D eigenvalue weighted by molar-refractivity contribution is -0.850. The summed E-state index contributed by atoms with van der Waals surface area (Å²) in [4.78, 5) is 1.35. The van der Waals surface area contributed by atoms with Crippen LogP contribution in [0.15, 0.2) is 12.7 Å². The second-order valence-corrected chi connectivity index (χ2v) is 1.91. The van der Waals surface area contributed by atoms with Crippen molar-refractivity contribution in [2.24, 2.45) is 0 Å². The van der Waals surface area contributed by atoms with Crippen LogP contribution in [0, 0.1) is 11.8 Å². The molecule has 0 saturated heterocycles. The molecular formula is C7H12BrN. The summed E-state index contributed by atoms with van der Waals surface area (Å²) in [5, 5.41) is 0. The van der Waals surface area contributed by atoms with Crippen LogP contribution in [0.5, 0.6) is 0 Å². The first-order valence-electron chi connectivity index (χ1n) is 2.65. The average Bonchev–Trinajstić information content (AvgIpc) is 1.66. The van der Waals surface area contributed by atoms with Gasteiger partial charge in [0.2, 0.25) is 0 Å². The zero-order chi connectivity index (χ0) is 6.41. The van der Waals surface area contributed by atoms with Gasteiger partial charge < -0.3 is 21.9 Å². The van der Waals surface area contributed by atoms with Gasteiger partial charge in [-0.2, -0.15) is 0 Å². The molecule has 0 aliphatic heterocycles. The molecule has 0 radical (unpaired) electrons. The minimum Gasteiger partial charge on any atom is -1.00 e. The van der Waals surface area contributed by atoms with E-state index in [4.69, 9.17) is 0 Å². The Morgan fingerprint density at radius 3 is 2.44 bits per heavy atom. The van der Waals surface area contributed by atoms with E-state index in [1.807, 2.05) is 0 Å². The molecule has 0 amide bonds. The third kappa shape index (κ3) is 11.4. The molecule has 0 aromatic rings. The van der Waals surface area contributed by atoms with Crippen LogP contribution >= 0.6 is 0 Å². The standard InChI is InChI=1S/C7H11N.BrH/c1-4-5-6-7-8(2)3;/h4H,1,7H2,2-3H3;1H. The van der Waals surface area contributed by atoms with Gasteiger partial charge in [0.25, 0.3) is 0 Å². The van der Waals surface area contributed by atoms with E-state index < -0.39 is 0 Å². The highest BCUT2D eigenvalue weighted by molar-refractivity contribution is 5.11. The number of hydrogen-bond donors (Lipinski definition) is 1. The fourth-order valence-corrected chi connectivity index (χ4v) is 0.300. The van der Waals surface area contributed by atoms with Crippen LogP contribution < -0.4 is 21.9 Å². The third-order valence-electron chi connectivity index (χ3n) is 0.646. The van der Waals surface area contributed by atoms with E-state index in [9.17, 15) is 0 Å². The maximum Gasteiger partial charge on any atom is 0.139 e. The van der Waals surface area contributed by atoms with Crippen molar-refractivity contribution < 1.29 is 21.9 Å². The van der Waals surface area contributed by atoms with Crippen LogP contribution in [-0.4, -0.2) is 20.6 Å². The van der Waals surface area contributed by atoms with Gasteiger partial charge in [0.1, 0.15) is 6.54 Å². The van der Waals surface area contributed by atoms with Crippen LogP contribution in [0.25, 0.3) is 0 Å². The van der Waals surface area contributed by atoms with Crippen molar-refractivity contribution in [3.05, 3.63) is 12.7 Å². The van der Waals surface area contributed by atoms with Gasteiger partial charge >= 0.3 is 0 Å². The summed E-state index contributed by atoms with van der Waals surface area (Å²) >= 11 is 0.